The van der Waals surface area contributed by atoms with Gasteiger partial charge in [-0.1, -0.05) is 23.7 Å². The van der Waals surface area contributed by atoms with Crippen molar-refractivity contribution in [2.24, 2.45) is 0 Å². The summed E-state index contributed by atoms with van der Waals surface area (Å²) in [5.74, 6) is 1.30. The number of aryl methyl sites for hydroxylation is 1. The summed E-state index contributed by atoms with van der Waals surface area (Å²) in [6.07, 6.45) is 4.42. The van der Waals surface area contributed by atoms with Gasteiger partial charge in [0, 0.05) is 61.0 Å². The molecule has 0 unspecified atom stereocenters. The Kier molecular flexibility index (Phi) is 4.66. The van der Waals surface area contributed by atoms with Gasteiger partial charge in [0.25, 0.3) is 0 Å². The van der Waals surface area contributed by atoms with Crippen LogP contribution in [0.4, 0.5) is 5.82 Å². The van der Waals surface area contributed by atoms with Crippen molar-refractivity contribution in [3.8, 4) is 11.3 Å². The van der Waals surface area contributed by atoms with Crippen LogP contribution in [0.2, 0.25) is 5.02 Å². The number of benzene rings is 1. The lowest BCUT2D eigenvalue weighted by Crippen LogP contribution is -2.49. The van der Waals surface area contributed by atoms with Crippen molar-refractivity contribution in [2.75, 3.05) is 31.1 Å². The van der Waals surface area contributed by atoms with Gasteiger partial charge in [-0.05, 0) is 37.8 Å². The lowest BCUT2D eigenvalue weighted by atomic mass is 9.96. The monoisotopic (exact) mass is 409 g/mol. The lowest BCUT2D eigenvalue weighted by molar-refractivity contribution is -0.129. The smallest absolute Gasteiger partial charge is 0.219 e. The minimum atomic E-state index is 0.147. The number of hydrogen-bond acceptors (Lipinski definition) is 4. The summed E-state index contributed by atoms with van der Waals surface area (Å²) in [7, 11) is 0. The number of amides is 1. The van der Waals surface area contributed by atoms with Crippen molar-refractivity contribution < 1.29 is 4.79 Å². The third-order valence-electron chi connectivity index (χ3n) is 5.99. The number of hydrogen-bond donors (Lipinski definition) is 0. The summed E-state index contributed by atoms with van der Waals surface area (Å²) >= 11 is 6.20. The van der Waals surface area contributed by atoms with Crippen LogP contribution in [0.1, 0.15) is 31.0 Å². The number of anilines is 1. The molecular formula is C22H24ClN5O. The summed E-state index contributed by atoms with van der Waals surface area (Å²) in [5.41, 5.74) is 5.27. The molecule has 1 fully saturated rings. The molecule has 2 aliphatic rings. The average Bonchev–Trinajstić information content (AvgIpc) is 3.15. The van der Waals surface area contributed by atoms with Crippen LogP contribution in [0, 0.1) is 0 Å². The molecule has 3 aromatic rings. The van der Waals surface area contributed by atoms with Gasteiger partial charge in [-0.3, -0.25) is 4.79 Å². The van der Waals surface area contributed by atoms with E-state index in [1.165, 1.54) is 24.1 Å². The molecule has 0 atom stereocenters. The third kappa shape index (κ3) is 3.35. The van der Waals surface area contributed by atoms with Gasteiger partial charge in [-0.15, -0.1) is 0 Å². The van der Waals surface area contributed by atoms with Gasteiger partial charge < -0.3 is 9.80 Å². The SMILES string of the molecule is CC(=O)N1CCN(c2c3c(nc4cc(-c5cccc(Cl)c5)nn24)CCCC3)CC1. The molecule has 6 nitrogen and oxygen atoms in total. The molecule has 150 valence electrons. The van der Waals surface area contributed by atoms with E-state index in [1.54, 1.807) is 6.92 Å². The second kappa shape index (κ2) is 7.34. The fourth-order valence-corrected chi connectivity index (χ4v) is 4.66. The highest BCUT2D eigenvalue weighted by Gasteiger charge is 2.27. The Bertz CT molecular complexity index is 1080. The minimum absolute atomic E-state index is 0.147. The number of carbonyl (C=O) groups is 1. The first-order valence-electron chi connectivity index (χ1n) is 10.3. The first kappa shape index (κ1) is 18.4. The predicted octanol–water partition coefficient (Wildman–Crippen LogP) is 3.60. The van der Waals surface area contributed by atoms with E-state index in [0.29, 0.717) is 5.02 Å². The molecule has 1 amide bonds. The number of halogens is 1. The summed E-state index contributed by atoms with van der Waals surface area (Å²) < 4.78 is 2.00. The highest BCUT2D eigenvalue weighted by atomic mass is 35.5. The fourth-order valence-electron chi connectivity index (χ4n) is 4.47. The molecule has 7 heteroatoms. The van der Waals surface area contributed by atoms with Crippen molar-refractivity contribution in [1.82, 2.24) is 19.5 Å². The van der Waals surface area contributed by atoms with Gasteiger partial charge >= 0.3 is 0 Å². The van der Waals surface area contributed by atoms with Crippen molar-refractivity contribution in [1.29, 1.82) is 0 Å². The van der Waals surface area contributed by atoms with Crippen LogP contribution in [-0.2, 0) is 17.6 Å². The first-order chi connectivity index (χ1) is 14.1. The van der Waals surface area contributed by atoms with Crippen LogP contribution in [0.15, 0.2) is 30.3 Å². The third-order valence-corrected chi connectivity index (χ3v) is 6.23. The van der Waals surface area contributed by atoms with Crippen molar-refractivity contribution in [3.63, 3.8) is 0 Å². The van der Waals surface area contributed by atoms with Crippen LogP contribution >= 0.6 is 11.6 Å². The Morgan fingerprint density at radius 2 is 1.86 bits per heavy atom. The molecule has 1 aliphatic heterocycles. The average molecular weight is 410 g/mol. The van der Waals surface area contributed by atoms with Crippen LogP contribution in [0.25, 0.3) is 16.9 Å². The minimum Gasteiger partial charge on any atom is -0.353 e. The maximum absolute atomic E-state index is 11.7. The molecule has 0 spiro atoms. The van der Waals surface area contributed by atoms with Gasteiger partial charge in [0.1, 0.15) is 5.82 Å². The van der Waals surface area contributed by atoms with E-state index >= 15 is 0 Å². The second-order valence-corrected chi connectivity index (χ2v) is 8.31. The highest BCUT2D eigenvalue weighted by molar-refractivity contribution is 6.30. The van der Waals surface area contributed by atoms with E-state index in [-0.39, 0.29) is 5.91 Å². The van der Waals surface area contributed by atoms with Gasteiger partial charge in [-0.25, -0.2) is 4.98 Å². The Balaban J connectivity index is 1.62. The van der Waals surface area contributed by atoms with Crippen LogP contribution in [0.5, 0.6) is 0 Å². The number of aromatic nitrogens is 3. The highest BCUT2D eigenvalue weighted by Crippen LogP contribution is 2.33. The normalized spacial score (nSPS) is 16.9. The standard InChI is InChI=1S/C22H24ClN5O/c1-15(29)26-9-11-27(12-10-26)22-18-7-2-3-8-19(18)24-21-14-20(25-28(21)22)16-5-4-6-17(23)13-16/h4-6,13-14H,2-3,7-12H2,1H3. The molecule has 2 aromatic heterocycles. The zero-order valence-electron chi connectivity index (χ0n) is 16.6. The van der Waals surface area contributed by atoms with E-state index in [0.717, 1.165) is 61.7 Å². The van der Waals surface area contributed by atoms with E-state index in [4.69, 9.17) is 21.7 Å². The number of fused-ring (bicyclic) bond motifs is 2. The molecule has 5 rings (SSSR count). The van der Waals surface area contributed by atoms with Crippen molar-refractivity contribution in [3.05, 3.63) is 46.6 Å². The Labute approximate surface area is 175 Å². The molecule has 1 aromatic carbocycles. The lowest BCUT2D eigenvalue weighted by Gasteiger charge is -2.37. The van der Waals surface area contributed by atoms with E-state index in [9.17, 15) is 4.79 Å². The van der Waals surface area contributed by atoms with Crippen molar-refractivity contribution >= 4 is 29.0 Å². The Morgan fingerprint density at radius 3 is 2.62 bits per heavy atom. The second-order valence-electron chi connectivity index (χ2n) is 7.87. The zero-order valence-corrected chi connectivity index (χ0v) is 17.3. The molecule has 1 aliphatic carbocycles. The number of nitrogens with zero attached hydrogens (tertiary/aromatic N) is 5. The number of piperazine rings is 1. The Hall–Kier alpha value is -2.60. The van der Waals surface area contributed by atoms with E-state index < -0.39 is 0 Å². The van der Waals surface area contributed by atoms with E-state index in [2.05, 4.69) is 11.0 Å². The summed E-state index contributed by atoms with van der Waals surface area (Å²) in [6.45, 7) is 4.77. The molecule has 1 saturated heterocycles. The van der Waals surface area contributed by atoms with Gasteiger partial charge in [-0.2, -0.15) is 9.61 Å². The van der Waals surface area contributed by atoms with Gasteiger partial charge in [0.05, 0.1) is 5.69 Å². The van der Waals surface area contributed by atoms with Crippen LogP contribution in [-0.4, -0.2) is 51.6 Å². The number of rotatable bonds is 2. The topological polar surface area (TPSA) is 53.7 Å². The van der Waals surface area contributed by atoms with Crippen LogP contribution < -0.4 is 4.90 Å². The van der Waals surface area contributed by atoms with Crippen molar-refractivity contribution in [2.45, 2.75) is 32.6 Å². The summed E-state index contributed by atoms with van der Waals surface area (Å²) in [6, 6.07) is 9.84. The maximum Gasteiger partial charge on any atom is 0.219 e. The zero-order chi connectivity index (χ0) is 20.0. The van der Waals surface area contributed by atoms with Gasteiger partial charge in [0.15, 0.2) is 5.65 Å². The fraction of sp³-hybridized carbons (Fsp3) is 0.409. The summed E-state index contributed by atoms with van der Waals surface area (Å²) in [5, 5.41) is 5.64. The molecular weight excluding hydrogens is 386 g/mol. The molecule has 0 saturated carbocycles. The van der Waals surface area contributed by atoms with E-state index in [1.807, 2.05) is 33.7 Å². The molecule has 3 heterocycles. The first-order valence-corrected chi connectivity index (χ1v) is 10.7. The summed E-state index contributed by atoms with van der Waals surface area (Å²) in [4.78, 5) is 21.0. The number of carbonyl (C=O) groups excluding carboxylic acids is 1. The molecule has 0 bridgehead atoms. The van der Waals surface area contributed by atoms with Crippen LogP contribution in [0.3, 0.4) is 0 Å². The largest absolute Gasteiger partial charge is 0.353 e. The Morgan fingerprint density at radius 1 is 1.07 bits per heavy atom. The molecule has 29 heavy (non-hydrogen) atoms. The molecule has 0 N–H and O–H groups in total. The predicted molar refractivity (Wildman–Crippen MR) is 115 cm³/mol. The van der Waals surface area contributed by atoms with Gasteiger partial charge in [0.2, 0.25) is 5.91 Å². The quantitative estimate of drug-likeness (QED) is 0.649. The maximum atomic E-state index is 11.7. The molecule has 0 radical (unpaired) electrons.